The van der Waals surface area contributed by atoms with Gasteiger partial charge in [0.05, 0.1) is 6.20 Å². The minimum absolute atomic E-state index is 0.668. The molecule has 0 aromatic carbocycles. The van der Waals surface area contributed by atoms with Crippen LogP contribution in [0, 0.1) is 0 Å². The van der Waals surface area contributed by atoms with Gasteiger partial charge in [-0.25, -0.2) is 4.98 Å². The predicted octanol–water partition coefficient (Wildman–Crippen LogP) is 3.13. The maximum atomic E-state index is 4.15. The van der Waals surface area contributed by atoms with Gasteiger partial charge in [-0.1, -0.05) is 0 Å². The van der Waals surface area contributed by atoms with Crippen molar-refractivity contribution in [2.24, 2.45) is 0 Å². The molecule has 0 saturated heterocycles. The van der Waals surface area contributed by atoms with E-state index in [-0.39, 0.29) is 0 Å². The van der Waals surface area contributed by atoms with Crippen LogP contribution in [-0.4, -0.2) is 9.55 Å². The second kappa shape index (κ2) is 2.90. The van der Waals surface area contributed by atoms with Crippen LogP contribution in [0.25, 0.3) is 0 Å². The highest BCUT2D eigenvalue weighted by Gasteiger charge is 2.22. The maximum absolute atomic E-state index is 4.15. The zero-order chi connectivity index (χ0) is 7.84. The van der Waals surface area contributed by atoms with Gasteiger partial charge in [-0.15, -0.1) is 0 Å². The van der Waals surface area contributed by atoms with Crippen molar-refractivity contribution in [2.45, 2.75) is 25.3 Å². The van der Waals surface area contributed by atoms with E-state index in [0.717, 1.165) is 9.34 Å². The lowest BCUT2D eigenvalue weighted by atomic mass is 9.93. The quantitative estimate of drug-likeness (QED) is 0.772. The van der Waals surface area contributed by atoms with Gasteiger partial charge < -0.3 is 4.57 Å². The number of aromatic nitrogens is 2. The monoisotopic (exact) mass is 278 g/mol. The van der Waals surface area contributed by atoms with Crippen molar-refractivity contribution in [1.82, 2.24) is 9.55 Å². The Morgan fingerprint density at radius 2 is 2.18 bits per heavy atom. The first kappa shape index (κ1) is 7.80. The maximum Gasteiger partial charge on any atom is 0.178 e. The van der Waals surface area contributed by atoms with Gasteiger partial charge in [0.15, 0.2) is 4.73 Å². The average Bonchev–Trinajstić information content (AvgIpc) is 2.15. The predicted molar refractivity (Wildman–Crippen MR) is 50.5 cm³/mol. The summed E-state index contributed by atoms with van der Waals surface area (Å²) >= 11 is 6.88. The molecule has 1 fully saturated rings. The van der Waals surface area contributed by atoms with E-state index in [9.17, 15) is 0 Å². The number of rotatable bonds is 1. The van der Waals surface area contributed by atoms with Crippen LogP contribution in [0.2, 0.25) is 0 Å². The Morgan fingerprint density at radius 1 is 1.45 bits per heavy atom. The molecule has 0 N–H and O–H groups in total. The third-order valence-corrected chi connectivity index (χ3v) is 3.32. The Bertz CT molecular complexity index is 246. The highest BCUT2D eigenvalue weighted by molar-refractivity contribution is 9.11. The van der Waals surface area contributed by atoms with E-state index in [1.165, 1.54) is 19.3 Å². The molecule has 0 unspecified atom stereocenters. The lowest BCUT2D eigenvalue weighted by Crippen LogP contribution is -2.17. The summed E-state index contributed by atoms with van der Waals surface area (Å²) in [7, 11) is 0. The molecule has 0 bridgehead atoms. The van der Waals surface area contributed by atoms with Crippen molar-refractivity contribution in [3.8, 4) is 0 Å². The molecular weight excluding hydrogens is 272 g/mol. The Balaban J connectivity index is 2.33. The summed E-state index contributed by atoms with van der Waals surface area (Å²) in [5.41, 5.74) is 0. The van der Waals surface area contributed by atoms with Crippen molar-refractivity contribution in [2.75, 3.05) is 0 Å². The molecule has 1 aromatic heterocycles. The average molecular weight is 280 g/mol. The largest absolute Gasteiger partial charge is 0.310 e. The molecule has 1 aromatic rings. The van der Waals surface area contributed by atoms with Crippen LogP contribution in [0.4, 0.5) is 0 Å². The summed E-state index contributed by atoms with van der Waals surface area (Å²) in [5.74, 6) is 0. The number of nitrogens with zero attached hydrogens (tertiary/aromatic N) is 2. The van der Waals surface area contributed by atoms with Gasteiger partial charge in [-0.05, 0) is 51.1 Å². The van der Waals surface area contributed by atoms with Crippen molar-refractivity contribution in [1.29, 1.82) is 0 Å². The lowest BCUT2D eigenvalue weighted by molar-refractivity contribution is 0.305. The van der Waals surface area contributed by atoms with Crippen LogP contribution in [0.1, 0.15) is 25.3 Å². The molecule has 0 atom stereocenters. The van der Waals surface area contributed by atoms with E-state index in [4.69, 9.17) is 0 Å². The number of hydrogen-bond donors (Lipinski definition) is 0. The van der Waals surface area contributed by atoms with Gasteiger partial charge in [-0.3, -0.25) is 0 Å². The molecule has 1 aliphatic rings. The highest BCUT2D eigenvalue weighted by atomic mass is 79.9. The Labute approximate surface area is 82.3 Å². The molecule has 0 spiro atoms. The van der Waals surface area contributed by atoms with Crippen LogP contribution in [0.5, 0.6) is 0 Å². The normalized spacial score (nSPS) is 18.4. The number of hydrogen-bond acceptors (Lipinski definition) is 1. The van der Waals surface area contributed by atoms with Gasteiger partial charge >= 0.3 is 0 Å². The molecule has 2 nitrogen and oxygen atoms in total. The summed E-state index contributed by atoms with van der Waals surface area (Å²) in [6.07, 6.45) is 5.76. The summed E-state index contributed by atoms with van der Waals surface area (Å²) in [5, 5.41) is 0. The molecule has 0 aliphatic heterocycles. The molecule has 1 aliphatic carbocycles. The molecule has 0 amide bonds. The molecule has 11 heavy (non-hydrogen) atoms. The molecule has 60 valence electrons. The minimum atomic E-state index is 0.668. The highest BCUT2D eigenvalue weighted by Crippen LogP contribution is 2.36. The van der Waals surface area contributed by atoms with E-state index in [1.54, 1.807) is 0 Å². The number of imidazole rings is 1. The van der Waals surface area contributed by atoms with Crippen LogP contribution < -0.4 is 0 Å². The summed E-state index contributed by atoms with van der Waals surface area (Å²) in [6, 6.07) is 0.668. The zero-order valence-electron chi connectivity index (χ0n) is 5.93. The van der Waals surface area contributed by atoms with Gasteiger partial charge in [0.1, 0.15) is 4.60 Å². The zero-order valence-corrected chi connectivity index (χ0v) is 9.10. The second-order valence-electron chi connectivity index (χ2n) is 2.80. The third-order valence-electron chi connectivity index (χ3n) is 2.15. The molecule has 4 heteroatoms. The van der Waals surface area contributed by atoms with Crippen LogP contribution in [-0.2, 0) is 0 Å². The fourth-order valence-corrected chi connectivity index (χ4v) is 2.67. The third kappa shape index (κ3) is 1.26. The lowest BCUT2D eigenvalue weighted by Gasteiger charge is -2.28. The van der Waals surface area contributed by atoms with Crippen molar-refractivity contribution in [3.05, 3.63) is 15.5 Å². The molecule has 1 heterocycles. The minimum Gasteiger partial charge on any atom is -0.310 e. The summed E-state index contributed by atoms with van der Waals surface area (Å²) in [4.78, 5) is 4.15. The van der Waals surface area contributed by atoms with E-state index < -0.39 is 0 Å². The Kier molecular flexibility index (Phi) is 2.06. The molecule has 0 radical (unpaired) electrons. The number of halogens is 2. The first-order valence-electron chi connectivity index (χ1n) is 3.67. The van der Waals surface area contributed by atoms with Gasteiger partial charge in [0.2, 0.25) is 0 Å². The smallest absolute Gasteiger partial charge is 0.178 e. The summed E-state index contributed by atoms with van der Waals surface area (Å²) < 4.78 is 4.21. The first-order valence-corrected chi connectivity index (χ1v) is 5.26. The van der Waals surface area contributed by atoms with Crippen molar-refractivity contribution in [3.63, 3.8) is 0 Å². The van der Waals surface area contributed by atoms with E-state index >= 15 is 0 Å². The Morgan fingerprint density at radius 3 is 2.55 bits per heavy atom. The van der Waals surface area contributed by atoms with Crippen LogP contribution in [0.3, 0.4) is 0 Å². The SMILES string of the molecule is Brc1cnc(Br)n1C1CCC1. The van der Waals surface area contributed by atoms with E-state index in [0.29, 0.717) is 6.04 Å². The van der Waals surface area contributed by atoms with Crippen molar-refractivity contribution >= 4 is 31.9 Å². The van der Waals surface area contributed by atoms with Crippen molar-refractivity contribution < 1.29 is 0 Å². The Hall–Kier alpha value is 0.170. The van der Waals surface area contributed by atoms with Gasteiger partial charge in [-0.2, -0.15) is 0 Å². The van der Waals surface area contributed by atoms with Gasteiger partial charge in [0, 0.05) is 6.04 Å². The van der Waals surface area contributed by atoms with Crippen LogP contribution >= 0.6 is 31.9 Å². The van der Waals surface area contributed by atoms with E-state index in [2.05, 4.69) is 41.4 Å². The first-order chi connectivity index (χ1) is 5.29. The van der Waals surface area contributed by atoms with E-state index in [1.807, 2.05) is 6.20 Å². The summed E-state index contributed by atoms with van der Waals surface area (Å²) in [6.45, 7) is 0. The topological polar surface area (TPSA) is 17.8 Å². The molecular formula is C7H8Br2N2. The second-order valence-corrected chi connectivity index (χ2v) is 4.33. The standard InChI is InChI=1S/C7H8Br2N2/c8-6-4-10-7(9)11(6)5-2-1-3-5/h4-5H,1-3H2. The molecule has 1 saturated carbocycles. The fraction of sp³-hybridized carbons (Fsp3) is 0.571. The van der Waals surface area contributed by atoms with Gasteiger partial charge in [0.25, 0.3) is 0 Å². The fourth-order valence-electron chi connectivity index (χ4n) is 1.29. The molecule has 2 rings (SSSR count). The van der Waals surface area contributed by atoms with Crippen LogP contribution in [0.15, 0.2) is 15.5 Å².